The van der Waals surface area contributed by atoms with E-state index in [1.165, 1.54) is 5.56 Å². The van der Waals surface area contributed by atoms with Crippen LogP contribution >= 0.6 is 11.6 Å². The van der Waals surface area contributed by atoms with Crippen molar-refractivity contribution in [3.63, 3.8) is 0 Å². The van der Waals surface area contributed by atoms with E-state index in [0.717, 1.165) is 11.3 Å². The highest BCUT2D eigenvalue weighted by Gasteiger charge is 2.09. The van der Waals surface area contributed by atoms with Crippen molar-refractivity contribution in [3.05, 3.63) is 71.5 Å². The second kappa shape index (κ2) is 5.39. The van der Waals surface area contributed by atoms with Gasteiger partial charge in [0.15, 0.2) is 0 Å². The summed E-state index contributed by atoms with van der Waals surface area (Å²) in [6.07, 6.45) is 1.77. The second-order valence-corrected chi connectivity index (χ2v) is 5.04. The maximum atomic E-state index is 6.19. The number of imidazole rings is 1. The number of hydrogen-bond donors (Lipinski definition) is 1. The summed E-state index contributed by atoms with van der Waals surface area (Å²) >= 11 is 5.89. The summed E-state index contributed by atoms with van der Waals surface area (Å²) in [7, 11) is 0. The molecule has 0 saturated carbocycles. The van der Waals surface area contributed by atoms with Crippen LogP contribution in [0.15, 0.2) is 60.9 Å². The number of benzene rings is 2. The third-order valence-corrected chi connectivity index (χ3v) is 3.44. The van der Waals surface area contributed by atoms with E-state index in [4.69, 9.17) is 17.3 Å². The molecule has 0 aliphatic rings. The SMILES string of the molecule is Nc1c(-c2ccc(Cl)cc2)ncn1Cc1ccccc1. The Morgan fingerprint density at radius 1 is 1.00 bits per heavy atom. The molecule has 100 valence electrons. The molecule has 0 bridgehead atoms. The monoisotopic (exact) mass is 283 g/mol. The average molecular weight is 284 g/mol. The van der Waals surface area contributed by atoms with Gasteiger partial charge in [-0.2, -0.15) is 0 Å². The van der Waals surface area contributed by atoms with Crippen molar-refractivity contribution in [1.82, 2.24) is 9.55 Å². The number of nitrogens with two attached hydrogens (primary N) is 1. The van der Waals surface area contributed by atoms with Gasteiger partial charge in [0.25, 0.3) is 0 Å². The zero-order valence-corrected chi connectivity index (χ0v) is 11.6. The van der Waals surface area contributed by atoms with Crippen LogP contribution in [0, 0.1) is 0 Å². The summed E-state index contributed by atoms with van der Waals surface area (Å²) in [6, 6.07) is 17.7. The van der Waals surface area contributed by atoms with Crippen LogP contribution in [-0.4, -0.2) is 9.55 Å². The lowest BCUT2D eigenvalue weighted by molar-refractivity contribution is 0.808. The molecule has 3 rings (SSSR count). The summed E-state index contributed by atoms with van der Waals surface area (Å²) in [5.41, 5.74) is 9.14. The number of hydrogen-bond acceptors (Lipinski definition) is 2. The van der Waals surface area contributed by atoms with E-state index in [9.17, 15) is 0 Å². The Kier molecular flexibility index (Phi) is 3.44. The number of nitrogen functional groups attached to an aromatic ring is 1. The fourth-order valence-corrected chi connectivity index (χ4v) is 2.25. The quantitative estimate of drug-likeness (QED) is 0.794. The van der Waals surface area contributed by atoms with Crippen LogP contribution in [0.1, 0.15) is 5.56 Å². The number of nitrogens with zero attached hydrogens (tertiary/aromatic N) is 2. The third kappa shape index (κ3) is 2.53. The lowest BCUT2D eigenvalue weighted by Crippen LogP contribution is -2.03. The minimum atomic E-state index is 0.663. The zero-order chi connectivity index (χ0) is 13.9. The molecule has 1 aromatic heterocycles. The summed E-state index contributed by atoms with van der Waals surface area (Å²) in [5, 5.41) is 0.705. The third-order valence-electron chi connectivity index (χ3n) is 3.19. The first-order valence-corrected chi connectivity index (χ1v) is 6.72. The highest BCUT2D eigenvalue weighted by molar-refractivity contribution is 6.30. The van der Waals surface area contributed by atoms with Gasteiger partial charge < -0.3 is 10.3 Å². The maximum absolute atomic E-state index is 6.19. The van der Waals surface area contributed by atoms with Crippen LogP contribution in [0.4, 0.5) is 5.82 Å². The van der Waals surface area contributed by atoms with E-state index in [1.54, 1.807) is 6.33 Å². The van der Waals surface area contributed by atoms with E-state index in [-0.39, 0.29) is 0 Å². The molecule has 0 unspecified atom stereocenters. The molecular weight excluding hydrogens is 270 g/mol. The number of halogens is 1. The molecule has 2 N–H and O–H groups in total. The molecule has 3 nitrogen and oxygen atoms in total. The van der Waals surface area contributed by atoms with Crippen LogP contribution in [0.2, 0.25) is 5.02 Å². The fraction of sp³-hybridized carbons (Fsp3) is 0.0625. The molecule has 0 atom stereocenters. The molecule has 20 heavy (non-hydrogen) atoms. The van der Waals surface area contributed by atoms with Crippen LogP contribution in [0.5, 0.6) is 0 Å². The predicted molar refractivity (Wildman–Crippen MR) is 82.6 cm³/mol. The highest BCUT2D eigenvalue weighted by Crippen LogP contribution is 2.26. The molecule has 2 aromatic carbocycles. The van der Waals surface area contributed by atoms with Crippen molar-refractivity contribution in [2.45, 2.75) is 6.54 Å². The van der Waals surface area contributed by atoms with Crippen molar-refractivity contribution >= 4 is 17.4 Å². The van der Waals surface area contributed by atoms with Crippen LogP contribution in [0.3, 0.4) is 0 Å². The van der Waals surface area contributed by atoms with Crippen molar-refractivity contribution in [3.8, 4) is 11.3 Å². The van der Waals surface area contributed by atoms with Gasteiger partial charge in [-0.1, -0.05) is 54.1 Å². The second-order valence-electron chi connectivity index (χ2n) is 4.60. The van der Waals surface area contributed by atoms with Gasteiger partial charge in [0, 0.05) is 10.6 Å². The maximum Gasteiger partial charge on any atom is 0.131 e. The van der Waals surface area contributed by atoms with E-state index in [1.807, 2.05) is 47.0 Å². The molecule has 0 saturated heterocycles. The Hall–Kier alpha value is -2.26. The van der Waals surface area contributed by atoms with Crippen LogP contribution in [-0.2, 0) is 6.54 Å². The lowest BCUT2D eigenvalue weighted by Gasteiger charge is -2.06. The zero-order valence-electron chi connectivity index (χ0n) is 10.8. The Labute approximate surface area is 122 Å². The van der Waals surface area contributed by atoms with Gasteiger partial charge >= 0.3 is 0 Å². The summed E-state index contributed by atoms with van der Waals surface area (Å²) in [6.45, 7) is 0.716. The van der Waals surface area contributed by atoms with Gasteiger partial charge in [0.1, 0.15) is 11.5 Å². The molecule has 3 aromatic rings. The first-order valence-electron chi connectivity index (χ1n) is 6.34. The van der Waals surface area contributed by atoms with E-state index < -0.39 is 0 Å². The van der Waals surface area contributed by atoms with Gasteiger partial charge in [-0.25, -0.2) is 4.98 Å². The van der Waals surface area contributed by atoms with Crippen molar-refractivity contribution in [2.75, 3.05) is 5.73 Å². The molecule has 4 heteroatoms. The molecule has 0 amide bonds. The Morgan fingerprint density at radius 3 is 2.40 bits per heavy atom. The molecule has 0 radical (unpaired) electrons. The number of aromatic nitrogens is 2. The van der Waals surface area contributed by atoms with Gasteiger partial charge in [-0.3, -0.25) is 0 Å². The number of rotatable bonds is 3. The summed E-state index contributed by atoms with van der Waals surface area (Å²) < 4.78 is 1.94. The summed E-state index contributed by atoms with van der Waals surface area (Å²) in [4.78, 5) is 4.41. The van der Waals surface area contributed by atoms with Crippen LogP contribution < -0.4 is 5.73 Å². The van der Waals surface area contributed by atoms with Crippen molar-refractivity contribution < 1.29 is 0 Å². The molecule has 0 fully saturated rings. The van der Waals surface area contributed by atoms with E-state index >= 15 is 0 Å². The Bertz CT molecular complexity index is 702. The Morgan fingerprint density at radius 2 is 1.70 bits per heavy atom. The van der Waals surface area contributed by atoms with Crippen LogP contribution in [0.25, 0.3) is 11.3 Å². The van der Waals surface area contributed by atoms with Gasteiger partial charge in [-0.15, -0.1) is 0 Å². The standard InChI is InChI=1S/C16H14ClN3/c17-14-8-6-13(7-9-14)15-16(18)20(11-19-15)10-12-4-2-1-3-5-12/h1-9,11H,10,18H2. The Balaban J connectivity index is 1.91. The topological polar surface area (TPSA) is 43.8 Å². The predicted octanol–water partition coefficient (Wildman–Crippen LogP) is 3.83. The molecule has 0 aliphatic carbocycles. The van der Waals surface area contributed by atoms with Crippen molar-refractivity contribution in [2.24, 2.45) is 0 Å². The van der Waals surface area contributed by atoms with Gasteiger partial charge in [0.05, 0.1) is 12.9 Å². The molecule has 0 aliphatic heterocycles. The highest BCUT2D eigenvalue weighted by atomic mass is 35.5. The first-order chi connectivity index (χ1) is 9.74. The molecular formula is C16H14ClN3. The van der Waals surface area contributed by atoms with E-state index in [2.05, 4.69) is 17.1 Å². The summed E-state index contributed by atoms with van der Waals surface area (Å²) in [5.74, 6) is 0.663. The van der Waals surface area contributed by atoms with Crippen molar-refractivity contribution in [1.29, 1.82) is 0 Å². The van der Waals surface area contributed by atoms with Gasteiger partial charge in [0.2, 0.25) is 0 Å². The van der Waals surface area contributed by atoms with Gasteiger partial charge in [-0.05, 0) is 17.7 Å². The minimum absolute atomic E-state index is 0.663. The minimum Gasteiger partial charge on any atom is -0.383 e. The average Bonchev–Trinajstić information content (AvgIpc) is 2.83. The molecule has 1 heterocycles. The smallest absolute Gasteiger partial charge is 0.131 e. The van der Waals surface area contributed by atoms with E-state index in [0.29, 0.717) is 17.4 Å². The lowest BCUT2D eigenvalue weighted by atomic mass is 10.1. The fourth-order valence-electron chi connectivity index (χ4n) is 2.13. The number of anilines is 1. The first kappa shape index (κ1) is 12.8. The molecule has 0 spiro atoms. The normalized spacial score (nSPS) is 10.7. The largest absolute Gasteiger partial charge is 0.383 e.